The third-order valence-electron chi connectivity index (χ3n) is 2.72. The molecule has 0 fully saturated rings. The van der Waals surface area contributed by atoms with Gasteiger partial charge in [0.25, 0.3) is 0 Å². The smallest absolute Gasteiger partial charge is 0.307 e. The predicted octanol–water partition coefficient (Wildman–Crippen LogP) is 3.17. The lowest BCUT2D eigenvalue weighted by Crippen LogP contribution is -2.39. The summed E-state index contributed by atoms with van der Waals surface area (Å²) in [6, 6.07) is 18.5. The maximum atomic E-state index is 12.3. The van der Waals surface area contributed by atoms with Crippen LogP contribution in [0.25, 0.3) is 0 Å². The van der Waals surface area contributed by atoms with Crippen molar-refractivity contribution in [3.8, 4) is 6.07 Å². The fraction of sp³-hybridized carbons (Fsp3) is 0.0625. The molecule has 0 atom stereocenters. The monoisotopic (exact) mass is 279 g/mol. The van der Waals surface area contributed by atoms with E-state index in [2.05, 4.69) is 5.32 Å². The van der Waals surface area contributed by atoms with Crippen LogP contribution in [0.4, 0.5) is 16.2 Å². The molecular formula is C16H13N3O2. The highest BCUT2D eigenvalue weighted by molar-refractivity contribution is 6.18. The minimum atomic E-state index is -0.590. The molecule has 0 unspecified atom stereocenters. The van der Waals surface area contributed by atoms with Crippen molar-refractivity contribution in [1.29, 1.82) is 5.26 Å². The zero-order valence-corrected chi connectivity index (χ0v) is 11.2. The summed E-state index contributed by atoms with van der Waals surface area (Å²) in [5.41, 5.74) is 0.999. The molecule has 0 aromatic heterocycles. The van der Waals surface area contributed by atoms with Crippen LogP contribution in [0.2, 0.25) is 0 Å². The Labute approximate surface area is 122 Å². The van der Waals surface area contributed by atoms with E-state index in [0.717, 1.165) is 4.90 Å². The van der Waals surface area contributed by atoms with Gasteiger partial charge in [-0.15, -0.1) is 0 Å². The van der Waals surface area contributed by atoms with E-state index >= 15 is 0 Å². The van der Waals surface area contributed by atoms with E-state index in [1.54, 1.807) is 60.7 Å². The van der Waals surface area contributed by atoms with E-state index in [1.807, 2.05) is 6.07 Å². The lowest BCUT2D eigenvalue weighted by atomic mass is 10.2. The van der Waals surface area contributed by atoms with Gasteiger partial charge in [-0.2, -0.15) is 5.26 Å². The number of nitrogens with zero attached hydrogens (tertiary/aromatic N) is 2. The Bertz CT molecular complexity index is 663. The first-order valence-electron chi connectivity index (χ1n) is 6.33. The molecule has 5 nitrogen and oxygen atoms in total. The minimum absolute atomic E-state index is 0.364. The summed E-state index contributed by atoms with van der Waals surface area (Å²) in [5, 5.41) is 11.3. The van der Waals surface area contributed by atoms with Gasteiger partial charge >= 0.3 is 6.03 Å². The van der Waals surface area contributed by atoms with Crippen LogP contribution in [0.1, 0.15) is 6.42 Å². The summed E-state index contributed by atoms with van der Waals surface area (Å²) in [6.45, 7) is 0. The number of carbonyl (C=O) groups is 2. The molecule has 21 heavy (non-hydrogen) atoms. The predicted molar refractivity (Wildman–Crippen MR) is 79.6 cm³/mol. The van der Waals surface area contributed by atoms with Gasteiger partial charge in [-0.1, -0.05) is 36.4 Å². The fourth-order valence-corrected chi connectivity index (χ4v) is 1.80. The van der Waals surface area contributed by atoms with Gasteiger partial charge in [-0.3, -0.25) is 4.79 Å². The van der Waals surface area contributed by atoms with Crippen molar-refractivity contribution in [2.45, 2.75) is 6.42 Å². The van der Waals surface area contributed by atoms with E-state index in [-0.39, 0.29) is 6.42 Å². The lowest BCUT2D eigenvalue weighted by Gasteiger charge is -2.20. The molecule has 0 aliphatic heterocycles. The van der Waals surface area contributed by atoms with Crippen LogP contribution in [0.5, 0.6) is 0 Å². The molecule has 0 saturated heterocycles. The second-order valence-electron chi connectivity index (χ2n) is 4.20. The molecule has 0 heterocycles. The highest BCUT2D eigenvalue weighted by Crippen LogP contribution is 2.17. The summed E-state index contributed by atoms with van der Waals surface area (Å²) < 4.78 is 0. The van der Waals surface area contributed by atoms with Crippen LogP contribution >= 0.6 is 0 Å². The molecule has 0 aliphatic carbocycles. The first-order valence-corrected chi connectivity index (χ1v) is 6.33. The number of nitriles is 1. The molecule has 2 aromatic rings. The second-order valence-corrected chi connectivity index (χ2v) is 4.20. The number of rotatable bonds is 3. The van der Waals surface area contributed by atoms with Crippen molar-refractivity contribution >= 4 is 23.3 Å². The Kier molecular flexibility index (Phi) is 4.67. The molecule has 3 amide bonds. The Morgan fingerprint density at radius 1 is 1.00 bits per heavy atom. The van der Waals surface area contributed by atoms with Gasteiger partial charge in [0.1, 0.15) is 6.42 Å². The van der Waals surface area contributed by atoms with Crippen LogP contribution in [0.3, 0.4) is 0 Å². The highest BCUT2D eigenvalue weighted by Gasteiger charge is 2.23. The average Bonchev–Trinajstić information content (AvgIpc) is 2.50. The molecule has 0 spiro atoms. The molecular weight excluding hydrogens is 266 g/mol. The van der Waals surface area contributed by atoms with Crippen LogP contribution in [0.15, 0.2) is 60.7 Å². The highest BCUT2D eigenvalue weighted by atomic mass is 16.2. The molecule has 104 valence electrons. The number of benzene rings is 2. The summed E-state index contributed by atoms with van der Waals surface area (Å²) in [5.74, 6) is -0.572. The first kappa shape index (κ1) is 14.3. The Hall–Kier alpha value is -3.13. The Morgan fingerprint density at radius 3 is 2.14 bits per heavy atom. The minimum Gasteiger partial charge on any atom is -0.307 e. The van der Waals surface area contributed by atoms with Gasteiger partial charge in [0.2, 0.25) is 5.91 Å². The summed E-state index contributed by atoms with van der Waals surface area (Å²) in [6.07, 6.45) is -0.364. The number of imide groups is 1. The number of nitrogens with one attached hydrogen (secondary N) is 1. The van der Waals surface area contributed by atoms with E-state index in [1.165, 1.54) is 0 Å². The summed E-state index contributed by atoms with van der Waals surface area (Å²) >= 11 is 0. The SMILES string of the molecule is N#CCC(=O)N(C(=O)Nc1ccccc1)c1ccccc1. The standard InChI is InChI=1S/C16H13N3O2/c17-12-11-15(20)19(14-9-5-2-6-10-14)16(21)18-13-7-3-1-4-8-13/h1-10H,11H2,(H,18,21). The Morgan fingerprint density at radius 2 is 1.57 bits per heavy atom. The van der Waals surface area contributed by atoms with E-state index in [0.29, 0.717) is 11.4 Å². The maximum Gasteiger partial charge on any atom is 0.333 e. The number of para-hydroxylation sites is 2. The maximum absolute atomic E-state index is 12.3. The summed E-state index contributed by atoms with van der Waals surface area (Å²) in [4.78, 5) is 25.3. The van der Waals surface area contributed by atoms with Crippen molar-refractivity contribution in [3.63, 3.8) is 0 Å². The Balaban J connectivity index is 2.25. The fourth-order valence-electron chi connectivity index (χ4n) is 1.80. The molecule has 0 bridgehead atoms. The molecule has 2 rings (SSSR count). The molecule has 5 heteroatoms. The molecule has 0 radical (unpaired) electrons. The molecule has 2 aromatic carbocycles. The number of hydrogen-bond acceptors (Lipinski definition) is 3. The molecule has 1 N–H and O–H groups in total. The first-order chi connectivity index (χ1) is 10.2. The van der Waals surface area contributed by atoms with Gasteiger partial charge in [0, 0.05) is 5.69 Å². The van der Waals surface area contributed by atoms with E-state index in [9.17, 15) is 9.59 Å². The van der Waals surface area contributed by atoms with Crippen LogP contribution in [0, 0.1) is 11.3 Å². The quantitative estimate of drug-likeness (QED) is 0.937. The topological polar surface area (TPSA) is 73.2 Å². The van der Waals surface area contributed by atoms with Crippen LogP contribution in [-0.2, 0) is 4.79 Å². The van der Waals surface area contributed by atoms with Gasteiger partial charge in [-0.25, -0.2) is 9.69 Å². The average molecular weight is 279 g/mol. The van der Waals surface area contributed by atoms with Gasteiger partial charge in [-0.05, 0) is 24.3 Å². The normalized spacial score (nSPS) is 9.48. The third kappa shape index (κ3) is 3.67. The summed E-state index contributed by atoms with van der Waals surface area (Å²) in [7, 11) is 0. The van der Waals surface area contributed by atoms with Crippen LogP contribution in [-0.4, -0.2) is 11.9 Å². The number of anilines is 2. The molecule has 0 saturated carbocycles. The van der Waals surface area contributed by atoms with Gasteiger partial charge in [0.15, 0.2) is 0 Å². The van der Waals surface area contributed by atoms with E-state index in [4.69, 9.17) is 5.26 Å². The number of amides is 3. The van der Waals surface area contributed by atoms with Crippen molar-refractivity contribution in [2.75, 3.05) is 10.2 Å². The van der Waals surface area contributed by atoms with Gasteiger partial charge < -0.3 is 5.32 Å². The van der Waals surface area contributed by atoms with Crippen molar-refractivity contribution in [3.05, 3.63) is 60.7 Å². The largest absolute Gasteiger partial charge is 0.333 e. The number of carbonyl (C=O) groups excluding carboxylic acids is 2. The van der Waals surface area contributed by atoms with Crippen LogP contribution < -0.4 is 10.2 Å². The lowest BCUT2D eigenvalue weighted by molar-refractivity contribution is -0.116. The zero-order chi connectivity index (χ0) is 15.1. The number of urea groups is 1. The second kappa shape index (κ2) is 6.87. The van der Waals surface area contributed by atoms with Crippen molar-refractivity contribution in [1.82, 2.24) is 0 Å². The van der Waals surface area contributed by atoms with Crippen molar-refractivity contribution in [2.24, 2.45) is 0 Å². The van der Waals surface area contributed by atoms with E-state index < -0.39 is 11.9 Å². The van der Waals surface area contributed by atoms with Gasteiger partial charge in [0.05, 0.1) is 11.8 Å². The van der Waals surface area contributed by atoms with Crippen molar-refractivity contribution < 1.29 is 9.59 Å². The third-order valence-corrected chi connectivity index (χ3v) is 2.72. The number of hydrogen-bond donors (Lipinski definition) is 1. The zero-order valence-electron chi connectivity index (χ0n) is 11.2. The molecule has 0 aliphatic rings.